The molecule has 2 fully saturated rings. The van der Waals surface area contributed by atoms with E-state index in [9.17, 15) is 0 Å². The van der Waals surface area contributed by atoms with Crippen molar-refractivity contribution in [3.63, 3.8) is 0 Å². The van der Waals surface area contributed by atoms with Crippen molar-refractivity contribution in [1.82, 2.24) is 30.0 Å². The first kappa shape index (κ1) is 22.0. The Balaban J connectivity index is 1.35. The number of hydrogen-bond acceptors (Lipinski definition) is 7. The normalized spacial score (nSPS) is 20.7. The molecule has 0 bridgehead atoms. The summed E-state index contributed by atoms with van der Waals surface area (Å²) in [6.07, 6.45) is 2.35. The molecule has 0 N–H and O–H groups in total. The zero-order chi connectivity index (χ0) is 22.5. The van der Waals surface area contributed by atoms with E-state index in [1.807, 2.05) is 16.8 Å². The van der Waals surface area contributed by atoms with Crippen molar-refractivity contribution in [1.29, 1.82) is 0 Å². The van der Waals surface area contributed by atoms with Crippen molar-refractivity contribution in [2.24, 2.45) is 0 Å². The minimum absolute atomic E-state index is 0.00816. The van der Waals surface area contributed by atoms with Crippen molar-refractivity contribution < 1.29 is 9.47 Å². The average Bonchev–Trinajstić information content (AvgIpc) is 3.54. The van der Waals surface area contributed by atoms with Gasteiger partial charge in [0.2, 0.25) is 0 Å². The quantitative estimate of drug-likeness (QED) is 0.525. The molecule has 3 heterocycles. The van der Waals surface area contributed by atoms with Crippen LogP contribution in [0.3, 0.4) is 0 Å². The van der Waals surface area contributed by atoms with Gasteiger partial charge in [0, 0.05) is 39.3 Å². The fourth-order valence-corrected chi connectivity index (χ4v) is 4.85. The first-order valence-corrected chi connectivity index (χ1v) is 11.8. The lowest BCUT2D eigenvalue weighted by Crippen LogP contribution is -2.48. The molecule has 0 radical (unpaired) electrons. The second-order valence-corrected chi connectivity index (χ2v) is 8.83. The van der Waals surface area contributed by atoms with Crippen molar-refractivity contribution >= 4 is 0 Å². The van der Waals surface area contributed by atoms with Gasteiger partial charge >= 0.3 is 0 Å². The van der Waals surface area contributed by atoms with E-state index in [-0.39, 0.29) is 12.1 Å². The molecule has 0 unspecified atom stereocenters. The van der Waals surface area contributed by atoms with Gasteiger partial charge in [-0.1, -0.05) is 42.5 Å². The highest BCUT2D eigenvalue weighted by atomic mass is 16.5. The second-order valence-electron chi connectivity index (χ2n) is 8.83. The Labute approximate surface area is 195 Å². The lowest BCUT2D eigenvalue weighted by molar-refractivity contribution is 0.0841. The van der Waals surface area contributed by atoms with Crippen LogP contribution < -0.4 is 4.74 Å². The van der Waals surface area contributed by atoms with E-state index in [4.69, 9.17) is 9.47 Å². The average molecular weight is 449 g/mol. The summed E-state index contributed by atoms with van der Waals surface area (Å²) in [7, 11) is 1.70. The third kappa shape index (κ3) is 5.24. The fourth-order valence-electron chi connectivity index (χ4n) is 4.85. The summed E-state index contributed by atoms with van der Waals surface area (Å²) >= 11 is 0. The minimum Gasteiger partial charge on any atom is -0.497 e. The number of hydrogen-bond donors (Lipinski definition) is 0. The largest absolute Gasteiger partial charge is 0.497 e. The van der Waals surface area contributed by atoms with E-state index in [0.29, 0.717) is 6.54 Å². The summed E-state index contributed by atoms with van der Waals surface area (Å²) in [5.41, 5.74) is 2.54. The highest BCUT2D eigenvalue weighted by molar-refractivity contribution is 5.32. The van der Waals surface area contributed by atoms with Crippen LogP contribution in [0.1, 0.15) is 35.8 Å². The molecule has 0 spiro atoms. The van der Waals surface area contributed by atoms with Crippen molar-refractivity contribution in [3.8, 4) is 5.75 Å². The Bertz CT molecular complexity index is 995. The Morgan fingerprint density at radius 2 is 1.82 bits per heavy atom. The lowest BCUT2D eigenvalue weighted by atomic mass is 10.0. The Morgan fingerprint density at radius 1 is 1.03 bits per heavy atom. The molecule has 8 nitrogen and oxygen atoms in total. The van der Waals surface area contributed by atoms with Crippen LogP contribution in [0.5, 0.6) is 5.75 Å². The molecular weight excluding hydrogens is 416 g/mol. The third-order valence-electron chi connectivity index (χ3n) is 6.66. The number of rotatable bonds is 8. The van der Waals surface area contributed by atoms with Gasteiger partial charge in [-0.05, 0) is 46.5 Å². The van der Waals surface area contributed by atoms with Crippen LogP contribution in [0, 0.1) is 0 Å². The molecule has 2 aromatic carbocycles. The molecular formula is C25H32N6O2. The van der Waals surface area contributed by atoms with Gasteiger partial charge in [0.05, 0.1) is 25.8 Å². The van der Waals surface area contributed by atoms with Gasteiger partial charge in [-0.3, -0.25) is 9.80 Å². The standard InChI is InChI=1S/C25H32N6O2/c1-32-22-11-9-21(10-12-22)24(25-26-27-28-31(25)19-23-8-5-17-33-23)30-15-13-29(14-16-30)18-20-6-3-2-4-7-20/h2-4,6-7,9-12,23-24H,5,8,13-19H2,1H3/t23-,24+/m0/s1. The number of tetrazole rings is 1. The smallest absolute Gasteiger partial charge is 0.173 e. The van der Waals surface area contributed by atoms with E-state index in [0.717, 1.165) is 63.7 Å². The molecule has 33 heavy (non-hydrogen) atoms. The maximum absolute atomic E-state index is 5.86. The van der Waals surface area contributed by atoms with Gasteiger partial charge in [-0.25, -0.2) is 4.68 Å². The van der Waals surface area contributed by atoms with Gasteiger partial charge < -0.3 is 9.47 Å². The zero-order valence-electron chi connectivity index (χ0n) is 19.2. The van der Waals surface area contributed by atoms with Crippen molar-refractivity contribution in [3.05, 3.63) is 71.5 Å². The third-order valence-corrected chi connectivity index (χ3v) is 6.66. The van der Waals surface area contributed by atoms with Crippen LogP contribution in [0.15, 0.2) is 54.6 Å². The molecule has 2 aliphatic heterocycles. The summed E-state index contributed by atoms with van der Waals surface area (Å²) in [6, 6.07) is 19.0. The molecule has 5 rings (SSSR count). The van der Waals surface area contributed by atoms with E-state index in [2.05, 4.69) is 67.8 Å². The van der Waals surface area contributed by atoms with Gasteiger partial charge in [0.15, 0.2) is 5.82 Å². The highest BCUT2D eigenvalue weighted by Gasteiger charge is 2.31. The molecule has 0 aliphatic carbocycles. The van der Waals surface area contributed by atoms with E-state index in [1.54, 1.807) is 7.11 Å². The van der Waals surface area contributed by atoms with Crippen LogP contribution in [0.4, 0.5) is 0 Å². The van der Waals surface area contributed by atoms with Crippen molar-refractivity contribution in [2.45, 2.75) is 38.1 Å². The molecule has 3 aromatic rings. The first-order valence-electron chi connectivity index (χ1n) is 11.8. The molecule has 2 aliphatic rings. The number of ether oxygens (including phenoxy) is 2. The van der Waals surface area contributed by atoms with Crippen LogP contribution in [0.2, 0.25) is 0 Å². The maximum atomic E-state index is 5.86. The van der Waals surface area contributed by atoms with Crippen LogP contribution in [-0.4, -0.2) is 76.0 Å². The Morgan fingerprint density at radius 3 is 2.52 bits per heavy atom. The van der Waals surface area contributed by atoms with E-state index < -0.39 is 0 Å². The molecule has 2 saturated heterocycles. The number of piperazine rings is 1. The fraction of sp³-hybridized carbons (Fsp3) is 0.480. The van der Waals surface area contributed by atoms with Gasteiger partial charge in [0.25, 0.3) is 0 Å². The maximum Gasteiger partial charge on any atom is 0.173 e. The number of nitrogens with zero attached hydrogens (tertiary/aromatic N) is 6. The monoisotopic (exact) mass is 448 g/mol. The zero-order valence-corrected chi connectivity index (χ0v) is 19.2. The Hall–Kier alpha value is -2.81. The van der Waals surface area contributed by atoms with Crippen LogP contribution in [-0.2, 0) is 17.8 Å². The molecule has 2 atom stereocenters. The summed E-state index contributed by atoms with van der Waals surface area (Å²) in [5, 5.41) is 12.9. The molecule has 174 valence electrons. The predicted octanol–water partition coefficient (Wildman–Crippen LogP) is 2.77. The summed E-state index contributed by atoms with van der Waals surface area (Å²) in [4.78, 5) is 5.02. The summed E-state index contributed by atoms with van der Waals surface area (Å²) < 4.78 is 13.2. The molecule has 0 saturated carbocycles. The van der Waals surface area contributed by atoms with Crippen LogP contribution in [0.25, 0.3) is 0 Å². The molecule has 0 amide bonds. The van der Waals surface area contributed by atoms with E-state index >= 15 is 0 Å². The first-order chi connectivity index (χ1) is 16.3. The topological polar surface area (TPSA) is 68.5 Å². The summed E-state index contributed by atoms with van der Waals surface area (Å²) in [5.74, 6) is 1.73. The SMILES string of the molecule is COc1ccc([C@H](c2nnnn2C[C@@H]2CCCO2)N2CCN(Cc3ccccc3)CC2)cc1. The van der Waals surface area contributed by atoms with E-state index in [1.165, 1.54) is 11.1 Å². The number of methoxy groups -OCH3 is 1. The van der Waals surface area contributed by atoms with Crippen LogP contribution >= 0.6 is 0 Å². The Kier molecular flexibility index (Phi) is 6.95. The van der Waals surface area contributed by atoms with Crippen molar-refractivity contribution in [2.75, 3.05) is 39.9 Å². The molecule has 1 aromatic heterocycles. The predicted molar refractivity (Wildman–Crippen MR) is 125 cm³/mol. The number of aromatic nitrogens is 4. The van der Waals surface area contributed by atoms with Gasteiger partial charge in [-0.2, -0.15) is 0 Å². The molecule has 8 heteroatoms. The lowest BCUT2D eigenvalue weighted by Gasteiger charge is -2.39. The second kappa shape index (κ2) is 10.4. The number of benzene rings is 2. The highest BCUT2D eigenvalue weighted by Crippen LogP contribution is 2.30. The van der Waals surface area contributed by atoms with Gasteiger partial charge in [0.1, 0.15) is 5.75 Å². The minimum atomic E-state index is -0.00816. The summed E-state index contributed by atoms with van der Waals surface area (Å²) in [6.45, 7) is 6.44. The van der Waals surface area contributed by atoms with Gasteiger partial charge in [-0.15, -0.1) is 5.10 Å².